The molecule has 1 heterocycles. The normalized spacial score (nSPS) is 16.8. The maximum Gasteiger partial charge on any atom is 0.160 e. The summed E-state index contributed by atoms with van der Waals surface area (Å²) in [6, 6.07) is 54.5. The second-order valence-electron chi connectivity index (χ2n) is 15.0. The van der Waals surface area contributed by atoms with Crippen LogP contribution in [-0.2, 0) is 5.41 Å². The first kappa shape index (κ1) is 31.4. The average molecular weight is 679 g/mol. The number of benzene rings is 6. The Balaban J connectivity index is 1.11. The summed E-state index contributed by atoms with van der Waals surface area (Å²) in [6.07, 6.45) is 10.2. The second kappa shape index (κ2) is 12.4. The Labute approximate surface area is 311 Å². The van der Waals surface area contributed by atoms with E-state index in [0.717, 1.165) is 40.3 Å². The van der Waals surface area contributed by atoms with E-state index in [9.17, 15) is 0 Å². The van der Waals surface area contributed by atoms with Crippen LogP contribution in [-0.4, -0.2) is 9.97 Å². The van der Waals surface area contributed by atoms with E-state index in [1.165, 1.54) is 60.9 Å². The van der Waals surface area contributed by atoms with Gasteiger partial charge in [-0.1, -0.05) is 166 Å². The lowest BCUT2D eigenvalue weighted by atomic mass is 9.70. The molecule has 2 nitrogen and oxygen atoms in total. The molecule has 0 fully saturated rings. The van der Waals surface area contributed by atoms with Gasteiger partial charge in [-0.05, 0) is 91.6 Å². The molecule has 0 spiro atoms. The van der Waals surface area contributed by atoms with E-state index in [-0.39, 0.29) is 5.41 Å². The third-order valence-electron chi connectivity index (χ3n) is 11.4. The number of allylic oxidation sites excluding steroid dienone is 8. The van der Waals surface area contributed by atoms with Crippen LogP contribution in [0.2, 0.25) is 0 Å². The van der Waals surface area contributed by atoms with Crippen molar-refractivity contribution < 1.29 is 0 Å². The van der Waals surface area contributed by atoms with Gasteiger partial charge in [0.1, 0.15) is 0 Å². The van der Waals surface area contributed by atoms with Crippen LogP contribution in [0.1, 0.15) is 37.0 Å². The number of rotatable bonds is 5. The number of hydrogen-bond donors (Lipinski definition) is 0. The molecule has 1 unspecified atom stereocenters. The molecule has 3 aliphatic carbocycles. The Bertz CT molecular complexity index is 2650. The highest BCUT2D eigenvalue weighted by Crippen LogP contribution is 2.59. The maximum absolute atomic E-state index is 5.12. The molecule has 0 N–H and O–H groups in total. The van der Waals surface area contributed by atoms with Crippen LogP contribution in [0.5, 0.6) is 0 Å². The highest BCUT2D eigenvalue weighted by Gasteiger charge is 2.44. The lowest BCUT2D eigenvalue weighted by Crippen LogP contribution is -2.22. The van der Waals surface area contributed by atoms with Gasteiger partial charge in [0.2, 0.25) is 0 Å². The summed E-state index contributed by atoms with van der Waals surface area (Å²) in [5.41, 5.74) is 17.1. The van der Waals surface area contributed by atoms with Gasteiger partial charge in [0.25, 0.3) is 0 Å². The number of hydrogen-bond acceptors (Lipinski definition) is 2. The molecular formula is C51H38N2. The highest BCUT2D eigenvalue weighted by molar-refractivity contribution is 6.07. The topological polar surface area (TPSA) is 25.8 Å². The van der Waals surface area contributed by atoms with Gasteiger partial charge in [-0.25, -0.2) is 9.97 Å². The first-order valence-electron chi connectivity index (χ1n) is 18.6. The molecule has 3 aliphatic rings. The molecule has 0 radical (unpaired) electrons. The van der Waals surface area contributed by atoms with E-state index >= 15 is 0 Å². The predicted molar refractivity (Wildman–Crippen MR) is 221 cm³/mol. The summed E-state index contributed by atoms with van der Waals surface area (Å²) in [6.45, 7) is 4.84. The van der Waals surface area contributed by atoms with Crippen molar-refractivity contribution in [1.82, 2.24) is 9.97 Å². The van der Waals surface area contributed by atoms with Crippen LogP contribution in [0.15, 0.2) is 187 Å². The summed E-state index contributed by atoms with van der Waals surface area (Å²) in [5.74, 6) is 1.10. The van der Waals surface area contributed by atoms with Crippen molar-refractivity contribution >= 4 is 21.9 Å². The van der Waals surface area contributed by atoms with Gasteiger partial charge in [-0.3, -0.25) is 0 Å². The molecule has 53 heavy (non-hydrogen) atoms. The summed E-state index contributed by atoms with van der Waals surface area (Å²) >= 11 is 0. The van der Waals surface area contributed by atoms with E-state index in [2.05, 4.69) is 166 Å². The van der Waals surface area contributed by atoms with Crippen molar-refractivity contribution in [3.8, 4) is 45.0 Å². The molecule has 10 rings (SSSR count). The lowest BCUT2D eigenvalue weighted by Gasteiger charge is -2.34. The van der Waals surface area contributed by atoms with Crippen LogP contribution in [0.25, 0.3) is 66.9 Å². The minimum atomic E-state index is -0.161. The predicted octanol–water partition coefficient (Wildman–Crippen LogP) is 12.9. The van der Waals surface area contributed by atoms with Gasteiger partial charge in [-0.15, -0.1) is 0 Å². The quantitative estimate of drug-likeness (QED) is 0.181. The Morgan fingerprint density at radius 2 is 1.19 bits per heavy atom. The molecule has 0 saturated carbocycles. The van der Waals surface area contributed by atoms with Gasteiger partial charge in [-0.2, -0.15) is 0 Å². The number of nitrogens with zero attached hydrogens (tertiary/aromatic N) is 2. The number of aromatic nitrogens is 2. The summed E-state index contributed by atoms with van der Waals surface area (Å²) in [5, 5.41) is 2.57. The molecule has 252 valence electrons. The maximum atomic E-state index is 5.12. The molecule has 7 aromatic rings. The summed E-state index contributed by atoms with van der Waals surface area (Å²) < 4.78 is 0. The minimum absolute atomic E-state index is 0.161. The number of fused-ring (bicyclic) bond motifs is 5. The molecule has 1 atom stereocenters. The van der Waals surface area contributed by atoms with Gasteiger partial charge >= 0.3 is 0 Å². The fourth-order valence-electron chi connectivity index (χ4n) is 8.78. The summed E-state index contributed by atoms with van der Waals surface area (Å²) in [4.78, 5) is 10.1. The largest absolute Gasteiger partial charge is 0.228 e. The van der Waals surface area contributed by atoms with E-state index < -0.39 is 0 Å². The van der Waals surface area contributed by atoms with E-state index in [0.29, 0.717) is 5.92 Å². The van der Waals surface area contributed by atoms with E-state index in [1.807, 2.05) is 24.3 Å². The van der Waals surface area contributed by atoms with E-state index in [1.54, 1.807) is 0 Å². The summed E-state index contributed by atoms with van der Waals surface area (Å²) in [7, 11) is 0. The third-order valence-corrected chi connectivity index (χ3v) is 11.4. The Hall–Kier alpha value is -6.38. The van der Waals surface area contributed by atoms with Gasteiger partial charge in [0, 0.05) is 28.0 Å². The molecule has 0 amide bonds. The fourth-order valence-corrected chi connectivity index (χ4v) is 8.78. The van der Waals surface area contributed by atoms with E-state index in [4.69, 9.17) is 9.97 Å². The van der Waals surface area contributed by atoms with Crippen molar-refractivity contribution in [3.63, 3.8) is 0 Å². The first-order chi connectivity index (χ1) is 26.0. The molecular weight excluding hydrogens is 641 g/mol. The van der Waals surface area contributed by atoms with Crippen molar-refractivity contribution in [1.29, 1.82) is 0 Å². The standard InChI is InChI=1S/C51H38N2/c1-51(2)45-31-38(37-21-13-22-41(29-37)47-32-46(34-15-5-3-6-16-34)52-50(53-47)35-17-7-4-8-18-35)26-27-43(45)48-44(30-39-20-11-12-23-42(39)49(48)51)40-25-24-33-14-9-10-19-36(33)28-40/h3-29,31-32,39H,30H2,1-2H3. The molecule has 6 aromatic carbocycles. The Kier molecular flexibility index (Phi) is 7.33. The molecule has 0 saturated heterocycles. The van der Waals surface area contributed by atoms with Crippen molar-refractivity contribution in [2.45, 2.75) is 25.7 Å². The van der Waals surface area contributed by atoms with Crippen LogP contribution in [0.3, 0.4) is 0 Å². The first-order valence-corrected chi connectivity index (χ1v) is 18.6. The van der Waals surface area contributed by atoms with Gasteiger partial charge in [0.05, 0.1) is 11.4 Å². The highest BCUT2D eigenvalue weighted by atomic mass is 14.9. The van der Waals surface area contributed by atoms with Crippen LogP contribution >= 0.6 is 0 Å². The van der Waals surface area contributed by atoms with Crippen molar-refractivity contribution in [3.05, 3.63) is 204 Å². The zero-order chi connectivity index (χ0) is 35.5. The minimum Gasteiger partial charge on any atom is -0.228 e. The van der Waals surface area contributed by atoms with Crippen LogP contribution in [0, 0.1) is 5.92 Å². The molecule has 0 bridgehead atoms. The Morgan fingerprint density at radius 3 is 2.00 bits per heavy atom. The Morgan fingerprint density at radius 1 is 0.528 bits per heavy atom. The SMILES string of the molecule is CC1(C)C2=C3C=CC=CC3CC(c3ccc4ccccc4c3)=C2c2ccc(-c3cccc(-c4cc(-c5ccccc5)nc(-c5ccccc5)n4)c3)cc21. The zero-order valence-corrected chi connectivity index (χ0v) is 29.9. The zero-order valence-electron chi connectivity index (χ0n) is 29.9. The van der Waals surface area contributed by atoms with Crippen LogP contribution in [0.4, 0.5) is 0 Å². The lowest BCUT2D eigenvalue weighted by molar-refractivity contribution is 0.635. The third kappa shape index (κ3) is 5.33. The van der Waals surface area contributed by atoms with Gasteiger partial charge < -0.3 is 0 Å². The van der Waals surface area contributed by atoms with Gasteiger partial charge in [0.15, 0.2) is 5.82 Å². The van der Waals surface area contributed by atoms with Crippen LogP contribution < -0.4 is 0 Å². The average Bonchev–Trinajstić information content (AvgIpc) is 3.47. The van der Waals surface area contributed by atoms with Crippen molar-refractivity contribution in [2.75, 3.05) is 0 Å². The molecule has 2 heteroatoms. The van der Waals surface area contributed by atoms with Crippen molar-refractivity contribution in [2.24, 2.45) is 5.92 Å². The molecule has 1 aromatic heterocycles. The fraction of sp³-hybridized carbons (Fsp3) is 0.0980. The second-order valence-corrected chi connectivity index (χ2v) is 15.0. The monoisotopic (exact) mass is 678 g/mol. The molecule has 0 aliphatic heterocycles. The smallest absolute Gasteiger partial charge is 0.160 e.